The summed E-state index contributed by atoms with van der Waals surface area (Å²) in [6, 6.07) is 18.1. The fourth-order valence-electron chi connectivity index (χ4n) is 3.88. The number of halogens is 1. The van der Waals surface area contributed by atoms with Gasteiger partial charge in [0.1, 0.15) is 5.82 Å². The lowest BCUT2D eigenvalue weighted by Gasteiger charge is -2.37. The van der Waals surface area contributed by atoms with E-state index in [2.05, 4.69) is 61.0 Å². The number of anilines is 1. The van der Waals surface area contributed by atoms with Crippen molar-refractivity contribution in [2.45, 2.75) is 38.8 Å². The molecule has 150 valence electrons. The Morgan fingerprint density at radius 1 is 1.03 bits per heavy atom. The van der Waals surface area contributed by atoms with Crippen LogP contribution in [0.15, 0.2) is 66.9 Å². The standard InChI is InChI=1S/C24H26FN3O/c1-24(2,3)18-11-9-17(10-12-18)22-21-8-5-13-27(21)14-15-28(22)23(29)26-20-7-4-6-19(25)16-20/h4-13,16,22H,14-15H2,1-3H3,(H,26,29)/t22-/m1/s1. The Balaban J connectivity index is 1.67. The van der Waals surface area contributed by atoms with E-state index in [0.717, 1.165) is 17.8 Å². The highest BCUT2D eigenvalue weighted by Gasteiger charge is 2.32. The summed E-state index contributed by atoms with van der Waals surface area (Å²) < 4.78 is 15.7. The van der Waals surface area contributed by atoms with Crippen LogP contribution in [0.25, 0.3) is 0 Å². The number of carbonyl (C=O) groups excluding carboxylic acids is 1. The summed E-state index contributed by atoms with van der Waals surface area (Å²) in [4.78, 5) is 14.9. The van der Waals surface area contributed by atoms with Crippen LogP contribution in [0.4, 0.5) is 14.9 Å². The average Bonchev–Trinajstić information content (AvgIpc) is 3.15. The SMILES string of the molecule is CC(C)(C)c1ccc([C@@H]2c3cccn3CCN2C(=O)Nc2cccc(F)c2)cc1. The Kier molecular flexibility index (Phi) is 4.91. The summed E-state index contributed by atoms with van der Waals surface area (Å²) in [6.45, 7) is 7.87. The number of nitrogens with zero attached hydrogens (tertiary/aromatic N) is 2. The average molecular weight is 391 g/mol. The molecule has 0 bridgehead atoms. The number of rotatable bonds is 2. The summed E-state index contributed by atoms with van der Waals surface area (Å²) >= 11 is 0. The second-order valence-electron chi connectivity index (χ2n) is 8.53. The molecule has 0 unspecified atom stereocenters. The molecule has 2 amide bonds. The monoisotopic (exact) mass is 391 g/mol. The number of nitrogens with one attached hydrogen (secondary N) is 1. The molecule has 0 fully saturated rings. The number of hydrogen-bond donors (Lipinski definition) is 1. The number of carbonyl (C=O) groups is 1. The fraction of sp³-hybridized carbons (Fsp3) is 0.292. The minimum absolute atomic E-state index is 0.0692. The van der Waals surface area contributed by atoms with Gasteiger partial charge in [-0.1, -0.05) is 51.1 Å². The van der Waals surface area contributed by atoms with E-state index in [1.165, 1.54) is 17.7 Å². The van der Waals surface area contributed by atoms with Gasteiger partial charge in [-0.25, -0.2) is 9.18 Å². The number of aromatic nitrogens is 1. The topological polar surface area (TPSA) is 37.3 Å². The van der Waals surface area contributed by atoms with Gasteiger partial charge in [-0.2, -0.15) is 0 Å². The van der Waals surface area contributed by atoms with Crippen molar-refractivity contribution in [2.24, 2.45) is 0 Å². The summed E-state index contributed by atoms with van der Waals surface area (Å²) in [5.41, 5.74) is 3.92. The molecule has 5 heteroatoms. The van der Waals surface area contributed by atoms with Crippen molar-refractivity contribution in [1.29, 1.82) is 0 Å². The molecule has 0 saturated carbocycles. The van der Waals surface area contributed by atoms with Gasteiger partial charge in [-0.15, -0.1) is 0 Å². The summed E-state index contributed by atoms with van der Waals surface area (Å²) in [5.74, 6) is -0.371. The van der Waals surface area contributed by atoms with E-state index in [-0.39, 0.29) is 23.3 Å². The van der Waals surface area contributed by atoms with Crippen LogP contribution in [0, 0.1) is 5.82 Å². The van der Waals surface area contributed by atoms with Crippen molar-refractivity contribution in [3.63, 3.8) is 0 Å². The number of benzene rings is 2. The lowest BCUT2D eigenvalue weighted by molar-refractivity contribution is 0.182. The molecule has 3 aromatic rings. The molecule has 0 spiro atoms. The minimum atomic E-state index is -0.371. The van der Waals surface area contributed by atoms with Crippen molar-refractivity contribution < 1.29 is 9.18 Å². The van der Waals surface area contributed by atoms with Crippen LogP contribution in [0.5, 0.6) is 0 Å². The third kappa shape index (κ3) is 3.90. The summed E-state index contributed by atoms with van der Waals surface area (Å²) in [7, 11) is 0. The zero-order chi connectivity index (χ0) is 20.6. The predicted molar refractivity (Wildman–Crippen MR) is 114 cm³/mol. The van der Waals surface area contributed by atoms with Gasteiger partial charge in [0, 0.05) is 30.7 Å². The Morgan fingerprint density at radius 2 is 1.79 bits per heavy atom. The van der Waals surface area contributed by atoms with Crippen LogP contribution in [0.1, 0.15) is 43.6 Å². The van der Waals surface area contributed by atoms with Crippen LogP contribution >= 0.6 is 0 Å². The van der Waals surface area contributed by atoms with E-state index in [1.807, 2.05) is 17.2 Å². The maximum absolute atomic E-state index is 13.5. The van der Waals surface area contributed by atoms with Gasteiger partial charge in [0.25, 0.3) is 0 Å². The van der Waals surface area contributed by atoms with Crippen molar-refractivity contribution in [1.82, 2.24) is 9.47 Å². The summed E-state index contributed by atoms with van der Waals surface area (Å²) in [5, 5.41) is 2.85. The second-order valence-corrected chi connectivity index (χ2v) is 8.53. The van der Waals surface area contributed by atoms with Crippen molar-refractivity contribution in [3.05, 3.63) is 89.5 Å². The first-order valence-corrected chi connectivity index (χ1v) is 9.91. The molecule has 0 aliphatic carbocycles. The van der Waals surface area contributed by atoms with Crippen LogP contribution in [-0.4, -0.2) is 22.0 Å². The lowest BCUT2D eigenvalue weighted by atomic mass is 9.86. The second kappa shape index (κ2) is 7.39. The highest BCUT2D eigenvalue weighted by atomic mass is 19.1. The van der Waals surface area contributed by atoms with Gasteiger partial charge in [0.05, 0.1) is 6.04 Å². The van der Waals surface area contributed by atoms with Gasteiger partial charge in [-0.3, -0.25) is 0 Å². The van der Waals surface area contributed by atoms with Crippen LogP contribution in [0.2, 0.25) is 0 Å². The molecule has 0 saturated heterocycles. The van der Waals surface area contributed by atoms with E-state index >= 15 is 0 Å². The van der Waals surface area contributed by atoms with E-state index < -0.39 is 0 Å². The Morgan fingerprint density at radius 3 is 2.48 bits per heavy atom. The van der Waals surface area contributed by atoms with Crippen molar-refractivity contribution in [2.75, 3.05) is 11.9 Å². The predicted octanol–water partition coefficient (Wildman–Crippen LogP) is 5.56. The number of urea groups is 1. The molecule has 1 aromatic heterocycles. The quantitative estimate of drug-likeness (QED) is 0.610. The zero-order valence-electron chi connectivity index (χ0n) is 17.0. The smallest absolute Gasteiger partial charge is 0.322 e. The van der Waals surface area contributed by atoms with E-state index in [0.29, 0.717) is 12.2 Å². The zero-order valence-corrected chi connectivity index (χ0v) is 17.0. The number of hydrogen-bond acceptors (Lipinski definition) is 1. The summed E-state index contributed by atoms with van der Waals surface area (Å²) in [6.07, 6.45) is 2.05. The molecular formula is C24H26FN3O. The molecule has 2 aromatic carbocycles. The number of amides is 2. The maximum atomic E-state index is 13.5. The molecule has 1 N–H and O–H groups in total. The Bertz CT molecular complexity index is 1020. The Labute approximate surface area is 171 Å². The normalized spacial score (nSPS) is 16.4. The maximum Gasteiger partial charge on any atom is 0.322 e. The molecule has 29 heavy (non-hydrogen) atoms. The first kappa shape index (κ1) is 19.2. The van der Waals surface area contributed by atoms with Gasteiger partial charge < -0.3 is 14.8 Å². The third-order valence-corrected chi connectivity index (χ3v) is 5.47. The van der Waals surface area contributed by atoms with E-state index in [1.54, 1.807) is 12.1 Å². The molecule has 1 aliphatic heterocycles. The van der Waals surface area contributed by atoms with Crippen molar-refractivity contribution in [3.8, 4) is 0 Å². The van der Waals surface area contributed by atoms with Gasteiger partial charge in [-0.05, 0) is 46.9 Å². The number of fused-ring (bicyclic) bond motifs is 1. The van der Waals surface area contributed by atoms with Crippen LogP contribution in [-0.2, 0) is 12.0 Å². The first-order valence-electron chi connectivity index (χ1n) is 9.91. The molecule has 0 radical (unpaired) electrons. The van der Waals surface area contributed by atoms with E-state index in [9.17, 15) is 9.18 Å². The van der Waals surface area contributed by atoms with Gasteiger partial charge in [0.15, 0.2) is 0 Å². The largest absolute Gasteiger partial charge is 0.348 e. The molecule has 4 rings (SSSR count). The van der Waals surface area contributed by atoms with Gasteiger partial charge in [0.2, 0.25) is 0 Å². The minimum Gasteiger partial charge on any atom is -0.348 e. The van der Waals surface area contributed by atoms with Crippen LogP contribution < -0.4 is 5.32 Å². The van der Waals surface area contributed by atoms with Crippen molar-refractivity contribution >= 4 is 11.7 Å². The molecule has 1 aliphatic rings. The highest BCUT2D eigenvalue weighted by molar-refractivity contribution is 5.90. The van der Waals surface area contributed by atoms with Crippen LogP contribution in [0.3, 0.4) is 0 Å². The van der Waals surface area contributed by atoms with E-state index in [4.69, 9.17) is 0 Å². The molecular weight excluding hydrogens is 365 g/mol. The molecule has 4 nitrogen and oxygen atoms in total. The first-order chi connectivity index (χ1) is 13.8. The molecule has 2 heterocycles. The van der Waals surface area contributed by atoms with Gasteiger partial charge >= 0.3 is 6.03 Å². The third-order valence-electron chi connectivity index (χ3n) is 5.47. The highest BCUT2D eigenvalue weighted by Crippen LogP contribution is 2.34. The lowest BCUT2D eigenvalue weighted by Crippen LogP contribution is -2.44. The Hall–Kier alpha value is -3.08. The molecule has 1 atom stereocenters. The fourth-order valence-corrected chi connectivity index (χ4v) is 3.88.